The predicted molar refractivity (Wildman–Crippen MR) is 68.7 cm³/mol. The summed E-state index contributed by atoms with van der Waals surface area (Å²) < 4.78 is 5.41. The molecule has 1 aliphatic heterocycles. The Morgan fingerprint density at radius 1 is 1.50 bits per heavy atom. The summed E-state index contributed by atoms with van der Waals surface area (Å²) in [5, 5.41) is 0. The normalized spacial score (nSPS) is 24.4. The molecule has 1 aliphatic rings. The Morgan fingerprint density at radius 2 is 2.11 bits per heavy atom. The first-order valence-corrected chi connectivity index (χ1v) is 6.34. The highest BCUT2D eigenvalue weighted by Gasteiger charge is 2.27. The predicted octanol–water partition coefficient (Wildman–Crippen LogP) is 1.28. The highest BCUT2D eigenvalue weighted by molar-refractivity contribution is 5.91. The van der Waals surface area contributed by atoms with Crippen molar-refractivity contribution in [2.75, 3.05) is 13.1 Å². The van der Waals surface area contributed by atoms with Crippen molar-refractivity contribution < 1.29 is 9.21 Å². The van der Waals surface area contributed by atoms with E-state index in [0.29, 0.717) is 0 Å². The first-order valence-electron chi connectivity index (χ1n) is 6.34. The third kappa shape index (κ3) is 2.57. The second-order valence-corrected chi connectivity index (χ2v) is 5.31. The number of nitrogen functional groups attached to an aromatic ring is 1. The minimum atomic E-state index is -0.382. The van der Waals surface area contributed by atoms with Gasteiger partial charge in [0.15, 0.2) is 5.76 Å². The average molecular weight is 251 g/mol. The summed E-state index contributed by atoms with van der Waals surface area (Å²) >= 11 is 0. The number of hydrogen-bond acceptors (Lipinski definition) is 4. The molecule has 0 spiro atoms. The fourth-order valence-electron chi connectivity index (χ4n) is 2.48. The van der Waals surface area contributed by atoms with Gasteiger partial charge < -0.3 is 4.42 Å². The van der Waals surface area contributed by atoms with Crippen LogP contribution in [-0.4, -0.2) is 23.9 Å². The lowest BCUT2D eigenvalue weighted by molar-refractivity contribution is 0.0924. The van der Waals surface area contributed by atoms with E-state index in [4.69, 9.17) is 10.3 Å². The number of amides is 1. The number of hydrazine groups is 1. The van der Waals surface area contributed by atoms with E-state index >= 15 is 0 Å². The maximum absolute atomic E-state index is 11.4. The number of likely N-dealkylation sites (tertiary alicyclic amines) is 1. The van der Waals surface area contributed by atoms with E-state index in [1.165, 1.54) is 0 Å². The largest absolute Gasteiger partial charge is 0.456 e. The van der Waals surface area contributed by atoms with Crippen LogP contribution in [0, 0.1) is 18.8 Å². The van der Waals surface area contributed by atoms with Crippen LogP contribution >= 0.6 is 0 Å². The molecule has 0 aliphatic carbocycles. The quantitative estimate of drug-likeness (QED) is 0.482. The number of hydrogen-bond donors (Lipinski definition) is 2. The van der Waals surface area contributed by atoms with Gasteiger partial charge in [0.2, 0.25) is 0 Å². The molecule has 1 aromatic heterocycles. The molecule has 1 aromatic rings. The van der Waals surface area contributed by atoms with E-state index in [0.717, 1.165) is 42.8 Å². The summed E-state index contributed by atoms with van der Waals surface area (Å²) in [7, 11) is 0. The van der Waals surface area contributed by atoms with Crippen LogP contribution in [0.1, 0.15) is 35.7 Å². The molecule has 1 saturated heterocycles. The van der Waals surface area contributed by atoms with Crippen LogP contribution in [0.25, 0.3) is 0 Å². The maximum Gasteiger partial charge on any atom is 0.300 e. The second kappa shape index (κ2) is 5.12. The number of nitrogens with two attached hydrogens (primary N) is 1. The third-order valence-corrected chi connectivity index (χ3v) is 3.83. The zero-order chi connectivity index (χ0) is 13.3. The van der Waals surface area contributed by atoms with Crippen LogP contribution in [0.3, 0.4) is 0 Å². The molecule has 0 aromatic carbocycles. The van der Waals surface area contributed by atoms with Crippen LogP contribution < -0.4 is 11.3 Å². The molecule has 3 N–H and O–H groups in total. The lowest BCUT2D eigenvalue weighted by Crippen LogP contribution is -2.29. The highest BCUT2D eigenvalue weighted by atomic mass is 16.4. The van der Waals surface area contributed by atoms with Crippen LogP contribution in [0.2, 0.25) is 0 Å². The number of nitrogens with zero attached hydrogens (tertiary/aromatic N) is 1. The summed E-state index contributed by atoms with van der Waals surface area (Å²) in [4.78, 5) is 13.8. The smallest absolute Gasteiger partial charge is 0.300 e. The van der Waals surface area contributed by atoms with Crippen LogP contribution in [0.5, 0.6) is 0 Å². The third-order valence-electron chi connectivity index (χ3n) is 3.83. The lowest BCUT2D eigenvalue weighted by Gasteiger charge is -2.14. The molecule has 0 radical (unpaired) electrons. The first-order chi connectivity index (χ1) is 8.51. The summed E-state index contributed by atoms with van der Waals surface area (Å²) in [6, 6.07) is 1.78. The van der Waals surface area contributed by atoms with Gasteiger partial charge in [-0.3, -0.25) is 15.1 Å². The lowest BCUT2D eigenvalue weighted by atomic mass is 10.0. The zero-order valence-corrected chi connectivity index (χ0v) is 11.2. The summed E-state index contributed by atoms with van der Waals surface area (Å²) in [5.74, 6) is 7.24. The number of carbonyl (C=O) groups excluding carboxylic acids is 1. The van der Waals surface area contributed by atoms with Crippen LogP contribution in [-0.2, 0) is 6.54 Å². The van der Waals surface area contributed by atoms with Crippen molar-refractivity contribution in [3.05, 3.63) is 23.2 Å². The van der Waals surface area contributed by atoms with E-state index in [1.807, 2.05) is 6.92 Å². The van der Waals surface area contributed by atoms with Crippen molar-refractivity contribution >= 4 is 5.91 Å². The molecule has 5 nitrogen and oxygen atoms in total. The molecule has 1 amide bonds. The molecular formula is C13H21N3O2. The number of furan rings is 1. The van der Waals surface area contributed by atoms with Gasteiger partial charge in [-0.2, -0.15) is 0 Å². The fraction of sp³-hybridized carbons (Fsp3) is 0.615. The van der Waals surface area contributed by atoms with Crippen LogP contribution in [0.15, 0.2) is 10.5 Å². The molecule has 0 saturated carbocycles. The van der Waals surface area contributed by atoms with E-state index in [2.05, 4.69) is 24.2 Å². The Morgan fingerprint density at radius 3 is 2.67 bits per heavy atom. The first kappa shape index (κ1) is 13.1. The standard InChI is InChI=1S/C13H21N3O2/c1-8-5-16(6-9(8)2)7-11-4-12(13(17)15-14)18-10(11)3/h4,8-9H,5-7,14H2,1-3H3,(H,15,17). The van der Waals surface area contributed by atoms with Gasteiger partial charge >= 0.3 is 5.91 Å². The van der Waals surface area contributed by atoms with Gasteiger partial charge in [-0.15, -0.1) is 0 Å². The maximum atomic E-state index is 11.4. The molecule has 2 heterocycles. The van der Waals surface area contributed by atoms with Gasteiger partial charge in [-0.05, 0) is 24.8 Å². The molecule has 18 heavy (non-hydrogen) atoms. The topological polar surface area (TPSA) is 71.5 Å². The Labute approximate surface area is 107 Å². The van der Waals surface area contributed by atoms with Crippen molar-refractivity contribution in [2.45, 2.75) is 27.3 Å². The average Bonchev–Trinajstić information content (AvgIpc) is 2.83. The molecule has 0 bridgehead atoms. The van der Waals surface area contributed by atoms with E-state index in [9.17, 15) is 4.79 Å². The number of nitrogens with one attached hydrogen (secondary N) is 1. The Kier molecular flexibility index (Phi) is 3.73. The second-order valence-electron chi connectivity index (χ2n) is 5.31. The van der Waals surface area contributed by atoms with Gasteiger partial charge in [-0.25, -0.2) is 5.84 Å². The molecule has 100 valence electrons. The number of rotatable bonds is 3. The Hall–Kier alpha value is -1.33. The Balaban J connectivity index is 2.06. The molecule has 1 fully saturated rings. The van der Waals surface area contributed by atoms with E-state index in [-0.39, 0.29) is 11.7 Å². The van der Waals surface area contributed by atoms with Gasteiger partial charge in [0.05, 0.1) is 0 Å². The molecule has 2 atom stereocenters. The van der Waals surface area contributed by atoms with Gasteiger partial charge in [-0.1, -0.05) is 13.8 Å². The van der Waals surface area contributed by atoms with E-state index < -0.39 is 0 Å². The molecular weight excluding hydrogens is 230 g/mol. The SMILES string of the molecule is Cc1oc(C(=O)NN)cc1CN1CC(C)C(C)C1. The molecule has 5 heteroatoms. The van der Waals surface area contributed by atoms with Crippen molar-refractivity contribution in [3.63, 3.8) is 0 Å². The van der Waals surface area contributed by atoms with Crippen molar-refractivity contribution in [1.82, 2.24) is 10.3 Å². The van der Waals surface area contributed by atoms with Gasteiger partial charge in [0.1, 0.15) is 5.76 Å². The number of carbonyl (C=O) groups is 1. The van der Waals surface area contributed by atoms with Gasteiger partial charge in [0, 0.05) is 25.2 Å². The van der Waals surface area contributed by atoms with Crippen molar-refractivity contribution in [1.29, 1.82) is 0 Å². The van der Waals surface area contributed by atoms with Crippen molar-refractivity contribution in [3.8, 4) is 0 Å². The zero-order valence-electron chi connectivity index (χ0n) is 11.2. The minimum Gasteiger partial charge on any atom is -0.456 e. The minimum absolute atomic E-state index is 0.283. The molecule has 2 unspecified atom stereocenters. The monoisotopic (exact) mass is 251 g/mol. The number of aryl methyl sites for hydroxylation is 1. The molecule has 2 rings (SSSR count). The summed E-state index contributed by atoms with van der Waals surface area (Å²) in [6.45, 7) is 9.47. The van der Waals surface area contributed by atoms with Crippen LogP contribution in [0.4, 0.5) is 0 Å². The highest BCUT2D eigenvalue weighted by Crippen LogP contribution is 2.25. The van der Waals surface area contributed by atoms with Crippen molar-refractivity contribution in [2.24, 2.45) is 17.7 Å². The van der Waals surface area contributed by atoms with Gasteiger partial charge in [0.25, 0.3) is 0 Å². The summed E-state index contributed by atoms with van der Waals surface area (Å²) in [6.07, 6.45) is 0. The Bertz CT molecular complexity index is 431. The fourth-order valence-corrected chi connectivity index (χ4v) is 2.48. The van der Waals surface area contributed by atoms with E-state index in [1.54, 1.807) is 6.07 Å². The summed E-state index contributed by atoms with van der Waals surface area (Å²) in [5.41, 5.74) is 3.15.